The van der Waals surface area contributed by atoms with Gasteiger partial charge in [0, 0.05) is 22.9 Å². The van der Waals surface area contributed by atoms with Gasteiger partial charge in [0.25, 0.3) is 0 Å². The molecular formula is C17H15ClO2. The van der Waals surface area contributed by atoms with Gasteiger partial charge in [0.2, 0.25) is 0 Å². The Morgan fingerprint density at radius 3 is 2.15 bits per heavy atom. The van der Waals surface area contributed by atoms with E-state index in [1.807, 2.05) is 30.3 Å². The minimum atomic E-state index is -0.389. The minimum Gasteiger partial charge on any atom is -0.299 e. The molecule has 0 radical (unpaired) electrons. The van der Waals surface area contributed by atoms with Crippen LogP contribution in [0.25, 0.3) is 0 Å². The molecule has 0 bridgehead atoms. The van der Waals surface area contributed by atoms with Crippen molar-refractivity contribution in [1.29, 1.82) is 0 Å². The molecule has 0 aromatic heterocycles. The van der Waals surface area contributed by atoms with E-state index in [2.05, 4.69) is 0 Å². The highest BCUT2D eigenvalue weighted by atomic mass is 35.5. The van der Waals surface area contributed by atoms with Gasteiger partial charge >= 0.3 is 0 Å². The summed E-state index contributed by atoms with van der Waals surface area (Å²) in [4.78, 5) is 24.0. The van der Waals surface area contributed by atoms with Gasteiger partial charge in [0.05, 0.1) is 0 Å². The molecule has 20 heavy (non-hydrogen) atoms. The van der Waals surface area contributed by atoms with Gasteiger partial charge in [-0.1, -0.05) is 41.9 Å². The Kier molecular flexibility index (Phi) is 4.70. The quantitative estimate of drug-likeness (QED) is 0.769. The van der Waals surface area contributed by atoms with E-state index in [0.29, 0.717) is 10.6 Å². The Morgan fingerprint density at radius 1 is 1.00 bits per heavy atom. The van der Waals surface area contributed by atoms with Gasteiger partial charge in [-0.05, 0) is 36.8 Å². The van der Waals surface area contributed by atoms with Crippen molar-refractivity contribution in [3.63, 3.8) is 0 Å². The number of hydrogen-bond donors (Lipinski definition) is 0. The molecule has 2 rings (SSSR count). The third-order valence-electron chi connectivity index (χ3n) is 3.25. The number of hydrogen-bond acceptors (Lipinski definition) is 2. The molecule has 0 N–H and O–H groups in total. The average molecular weight is 287 g/mol. The molecule has 2 nitrogen and oxygen atoms in total. The summed E-state index contributed by atoms with van der Waals surface area (Å²) in [6.45, 7) is 1.52. The van der Waals surface area contributed by atoms with Crippen molar-refractivity contribution in [3.05, 3.63) is 70.7 Å². The smallest absolute Gasteiger partial charge is 0.163 e. The Hall–Kier alpha value is -1.93. The third kappa shape index (κ3) is 3.55. The van der Waals surface area contributed by atoms with Gasteiger partial charge in [-0.15, -0.1) is 0 Å². The van der Waals surface area contributed by atoms with Crippen LogP contribution in [0, 0.1) is 0 Å². The molecule has 0 heterocycles. The van der Waals surface area contributed by atoms with Crippen LogP contribution in [0.4, 0.5) is 0 Å². The van der Waals surface area contributed by atoms with Crippen molar-refractivity contribution in [2.75, 3.05) is 0 Å². The predicted octanol–water partition coefficient (Wildman–Crippen LogP) is 4.29. The fraction of sp³-hybridized carbons (Fsp3) is 0.176. The van der Waals surface area contributed by atoms with E-state index < -0.39 is 0 Å². The summed E-state index contributed by atoms with van der Waals surface area (Å²) in [5, 5.41) is 0.590. The van der Waals surface area contributed by atoms with Crippen molar-refractivity contribution >= 4 is 23.2 Å². The van der Waals surface area contributed by atoms with Gasteiger partial charge in [-0.25, -0.2) is 0 Å². The highest BCUT2D eigenvalue weighted by Crippen LogP contribution is 2.23. The number of carbonyl (C=O) groups is 2. The summed E-state index contributed by atoms with van der Waals surface area (Å²) in [6, 6.07) is 16.1. The largest absolute Gasteiger partial charge is 0.299 e. The number of benzene rings is 2. The van der Waals surface area contributed by atoms with E-state index in [0.717, 1.165) is 5.56 Å². The second-order valence-electron chi connectivity index (χ2n) is 4.71. The van der Waals surface area contributed by atoms with Gasteiger partial charge in [-0.3, -0.25) is 9.59 Å². The van der Waals surface area contributed by atoms with Gasteiger partial charge in [-0.2, -0.15) is 0 Å². The van der Waals surface area contributed by atoms with Crippen molar-refractivity contribution < 1.29 is 9.59 Å². The van der Waals surface area contributed by atoms with Crippen molar-refractivity contribution in [2.24, 2.45) is 0 Å². The SMILES string of the molecule is CC(=O)[C@@H](CC(=O)c1ccc(Cl)cc1)c1ccccc1. The number of halogens is 1. The maximum atomic E-state index is 12.2. The van der Waals surface area contributed by atoms with E-state index in [4.69, 9.17) is 11.6 Å². The minimum absolute atomic E-state index is 0.00138. The molecule has 0 fully saturated rings. The standard InChI is InChI=1S/C17H15ClO2/c1-12(19)16(13-5-3-2-4-6-13)11-17(20)14-7-9-15(18)10-8-14/h2-10,16H,11H2,1H3/t16-/m1/s1. The third-order valence-corrected chi connectivity index (χ3v) is 3.50. The first kappa shape index (κ1) is 14.5. The fourth-order valence-electron chi connectivity index (χ4n) is 2.12. The van der Waals surface area contributed by atoms with Crippen LogP contribution < -0.4 is 0 Å². The van der Waals surface area contributed by atoms with Crippen LogP contribution in [0.15, 0.2) is 54.6 Å². The highest BCUT2D eigenvalue weighted by molar-refractivity contribution is 6.30. The Bertz CT molecular complexity index is 603. The van der Waals surface area contributed by atoms with Crippen LogP contribution in [0.3, 0.4) is 0 Å². The lowest BCUT2D eigenvalue weighted by Crippen LogP contribution is -2.14. The van der Waals surface area contributed by atoms with Gasteiger partial charge in [0.15, 0.2) is 5.78 Å². The number of Topliss-reactive ketones (excluding diaryl/α,β-unsaturated/α-hetero) is 2. The maximum Gasteiger partial charge on any atom is 0.163 e. The van der Waals surface area contributed by atoms with Crippen LogP contribution in [-0.4, -0.2) is 11.6 Å². The first-order valence-corrected chi connectivity index (χ1v) is 6.80. The summed E-state index contributed by atoms with van der Waals surface area (Å²) in [7, 11) is 0. The molecule has 2 aromatic carbocycles. The summed E-state index contributed by atoms with van der Waals surface area (Å²) in [6.07, 6.45) is 0.182. The molecule has 0 saturated carbocycles. The lowest BCUT2D eigenvalue weighted by atomic mass is 9.89. The molecule has 0 saturated heterocycles. The second kappa shape index (κ2) is 6.49. The molecule has 0 aliphatic heterocycles. The zero-order chi connectivity index (χ0) is 14.5. The van der Waals surface area contributed by atoms with Crippen LogP contribution in [0.2, 0.25) is 5.02 Å². The zero-order valence-electron chi connectivity index (χ0n) is 11.2. The lowest BCUT2D eigenvalue weighted by molar-refractivity contribution is -0.118. The summed E-state index contributed by atoms with van der Waals surface area (Å²) in [5.41, 5.74) is 1.46. The Balaban J connectivity index is 2.19. The van der Waals surface area contributed by atoms with Gasteiger partial charge < -0.3 is 0 Å². The summed E-state index contributed by atoms with van der Waals surface area (Å²) < 4.78 is 0. The average Bonchev–Trinajstić information content (AvgIpc) is 2.46. The topological polar surface area (TPSA) is 34.1 Å². The van der Waals surface area contributed by atoms with Crippen LogP contribution in [-0.2, 0) is 4.79 Å². The molecule has 0 amide bonds. The zero-order valence-corrected chi connectivity index (χ0v) is 11.9. The van der Waals surface area contributed by atoms with Crippen molar-refractivity contribution in [2.45, 2.75) is 19.3 Å². The predicted molar refractivity (Wildman–Crippen MR) is 80.3 cm³/mol. The second-order valence-corrected chi connectivity index (χ2v) is 5.14. The Morgan fingerprint density at radius 2 is 1.60 bits per heavy atom. The molecular weight excluding hydrogens is 272 g/mol. The lowest BCUT2D eigenvalue weighted by Gasteiger charge is -2.13. The molecule has 0 spiro atoms. The highest BCUT2D eigenvalue weighted by Gasteiger charge is 2.21. The number of rotatable bonds is 5. The maximum absolute atomic E-state index is 12.2. The molecule has 3 heteroatoms. The van der Waals surface area contributed by atoms with E-state index in [1.54, 1.807) is 24.3 Å². The Labute approximate surface area is 123 Å². The molecule has 1 atom stereocenters. The van der Waals surface area contributed by atoms with Crippen LogP contribution in [0.5, 0.6) is 0 Å². The van der Waals surface area contributed by atoms with E-state index in [-0.39, 0.29) is 23.9 Å². The van der Waals surface area contributed by atoms with Crippen LogP contribution in [0.1, 0.15) is 35.2 Å². The summed E-state index contributed by atoms with van der Waals surface area (Å²) >= 11 is 5.80. The number of carbonyl (C=O) groups excluding carboxylic acids is 2. The monoisotopic (exact) mass is 286 g/mol. The fourth-order valence-corrected chi connectivity index (χ4v) is 2.25. The van der Waals surface area contributed by atoms with Crippen molar-refractivity contribution in [3.8, 4) is 0 Å². The van der Waals surface area contributed by atoms with E-state index in [9.17, 15) is 9.59 Å². The number of ketones is 2. The molecule has 2 aromatic rings. The van der Waals surface area contributed by atoms with E-state index in [1.165, 1.54) is 6.92 Å². The molecule has 0 aliphatic carbocycles. The molecule has 0 unspecified atom stereocenters. The first-order chi connectivity index (χ1) is 9.58. The van der Waals surface area contributed by atoms with Crippen molar-refractivity contribution in [1.82, 2.24) is 0 Å². The molecule has 102 valence electrons. The van der Waals surface area contributed by atoms with E-state index >= 15 is 0 Å². The summed E-state index contributed by atoms with van der Waals surface area (Å²) in [5.74, 6) is -0.441. The molecule has 0 aliphatic rings. The first-order valence-electron chi connectivity index (χ1n) is 6.42. The normalized spacial score (nSPS) is 11.9. The van der Waals surface area contributed by atoms with Crippen LogP contribution >= 0.6 is 11.6 Å². The van der Waals surface area contributed by atoms with Gasteiger partial charge in [0.1, 0.15) is 5.78 Å².